The lowest BCUT2D eigenvalue weighted by molar-refractivity contribution is 0.511. The van der Waals surface area contributed by atoms with Crippen LogP contribution >= 0.6 is 27.5 Å². The molecular weight excluding hydrogens is 312 g/mol. The standard InChI is InChI=1S/C14H20BrClN2/c15-13-6-5-11(16)8-12(13)14(9-17)18-7-1-2-10-3-4-10/h5-6,8,10,14,18H,1-4,7,9,17H2. The fraction of sp³-hybridized carbons (Fsp3) is 0.571. The molecule has 1 unspecified atom stereocenters. The number of hydrogen-bond donors (Lipinski definition) is 2. The van der Waals surface area contributed by atoms with Crippen LogP contribution in [0, 0.1) is 5.92 Å². The second-order valence-corrected chi connectivity index (χ2v) is 6.28. The normalized spacial score (nSPS) is 16.8. The minimum absolute atomic E-state index is 0.178. The van der Waals surface area contributed by atoms with E-state index in [-0.39, 0.29) is 6.04 Å². The van der Waals surface area contributed by atoms with Gasteiger partial charge in [0.15, 0.2) is 0 Å². The summed E-state index contributed by atoms with van der Waals surface area (Å²) in [4.78, 5) is 0. The van der Waals surface area contributed by atoms with Crippen LogP contribution in [0.2, 0.25) is 5.02 Å². The summed E-state index contributed by atoms with van der Waals surface area (Å²) in [5.74, 6) is 1.00. The summed E-state index contributed by atoms with van der Waals surface area (Å²) in [7, 11) is 0. The Balaban J connectivity index is 1.87. The Morgan fingerprint density at radius 3 is 2.89 bits per heavy atom. The molecule has 0 heterocycles. The first-order chi connectivity index (χ1) is 8.70. The smallest absolute Gasteiger partial charge is 0.0456 e. The number of halogens is 2. The van der Waals surface area contributed by atoms with E-state index in [1.807, 2.05) is 18.2 Å². The van der Waals surface area contributed by atoms with Crippen molar-refractivity contribution in [1.82, 2.24) is 5.32 Å². The third kappa shape index (κ3) is 4.23. The first-order valence-electron chi connectivity index (χ1n) is 6.59. The molecule has 1 aliphatic rings. The Bertz CT molecular complexity index is 393. The van der Waals surface area contributed by atoms with Crippen LogP contribution < -0.4 is 11.1 Å². The third-order valence-corrected chi connectivity index (χ3v) is 4.40. The lowest BCUT2D eigenvalue weighted by Gasteiger charge is -2.19. The molecule has 1 saturated carbocycles. The van der Waals surface area contributed by atoms with Gasteiger partial charge < -0.3 is 11.1 Å². The number of nitrogens with two attached hydrogens (primary N) is 1. The highest BCUT2D eigenvalue weighted by molar-refractivity contribution is 9.10. The Labute approximate surface area is 122 Å². The molecule has 1 aromatic carbocycles. The Kier molecular flexibility index (Phi) is 5.49. The number of hydrogen-bond acceptors (Lipinski definition) is 2. The minimum Gasteiger partial charge on any atom is -0.329 e. The van der Waals surface area contributed by atoms with Crippen molar-refractivity contribution in [2.24, 2.45) is 11.7 Å². The molecule has 1 fully saturated rings. The van der Waals surface area contributed by atoms with Crippen LogP contribution in [0.3, 0.4) is 0 Å². The highest BCUT2D eigenvalue weighted by Gasteiger charge is 2.20. The molecule has 0 spiro atoms. The molecule has 0 amide bonds. The largest absolute Gasteiger partial charge is 0.329 e. The van der Waals surface area contributed by atoms with Gasteiger partial charge >= 0.3 is 0 Å². The van der Waals surface area contributed by atoms with Crippen LogP contribution in [0.1, 0.15) is 37.3 Å². The summed E-state index contributed by atoms with van der Waals surface area (Å²) in [6.45, 7) is 1.61. The van der Waals surface area contributed by atoms with Crippen molar-refractivity contribution in [3.05, 3.63) is 33.3 Å². The summed E-state index contributed by atoms with van der Waals surface area (Å²) in [5.41, 5.74) is 7.00. The fourth-order valence-electron chi connectivity index (χ4n) is 2.18. The van der Waals surface area contributed by atoms with E-state index < -0.39 is 0 Å². The van der Waals surface area contributed by atoms with Crippen molar-refractivity contribution < 1.29 is 0 Å². The lowest BCUT2D eigenvalue weighted by atomic mass is 10.1. The maximum atomic E-state index is 6.04. The van der Waals surface area contributed by atoms with E-state index in [0.717, 1.165) is 27.5 Å². The second-order valence-electron chi connectivity index (χ2n) is 4.99. The number of nitrogens with one attached hydrogen (secondary N) is 1. The van der Waals surface area contributed by atoms with Gasteiger partial charge in [0, 0.05) is 22.1 Å². The zero-order valence-electron chi connectivity index (χ0n) is 10.5. The molecule has 0 aliphatic heterocycles. The van der Waals surface area contributed by atoms with Gasteiger partial charge in [-0.25, -0.2) is 0 Å². The molecule has 2 nitrogen and oxygen atoms in total. The molecule has 1 aromatic rings. The third-order valence-electron chi connectivity index (χ3n) is 3.45. The monoisotopic (exact) mass is 330 g/mol. The van der Waals surface area contributed by atoms with Crippen molar-refractivity contribution in [3.63, 3.8) is 0 Å². The summed E-state index contributed by atoms with van der Waals surface area (Å²) in [6, 6.07) is 6.02. The maximum Gasteiger partial charge on any atom is 0.0456 e. The van der Waals surface area contributed by atoms with Crippen molar-refractivity contribution >= 4 is 27.5 Å². The predicted molar refractivity (Wildman–Crippen MR) is 80.9 cm³/mol. The quantitative estimate of drug-likeness (QED) is 0.744. The Morgan fingerprint density at radius 1 is 1.44 bits per heavy atom. The zero-order chi connectivity index (χ0) is 13.0. The first kappa shape index (κ1) is 14.3. The molecule has 4 heteroatoms. The number of rotatable bonds is 7. The SMILES string of the molecule is NCC(NCCCC1CC1)c1cc(Cl)ccc1Br. The van der Waals surface area contributed by atoms with Crippen LogP contribution in [-0.2, 0) is 0 Å². The molecule has 2 rings (SSSR count). The average molecular weight is 332 g/mol. The molecule has 100 valence electrons. The van der Waals surface area contributed by atoms with Crippen molar-refractivity contribution in [1.29, 1.82) is 0 Å². The fourth-order valence-corrected chi connectivity index (χ4v) is 2.88. The Hall–Kier alpha value is -0.0900. The van der Waals surface area contributed by atoms with E-state index in [4.69, 9.17) is 17.3 Å². The molecular formula is C14H20BrClN2. The molecule has 3 N–H and O–H groups in total. The maximum absolute atomic E-state index is 6.04. The zero-order valence-corrected chi connectivity index (χ0v) is 12.8. The van der Waals surface area contributed by atoms with Gasteiger partial charge in [0.25, 0.3) is 0 Å². The Morgan fingerprint density at radius 2 is 2.22 bits per heavy atom. The molecule has 0 radical (unpaired) electrons. The van der Waals surface area contributed by atoms with Crippen LogP contribution in [0.5, 0.6) is 0 Å². The molecule has 1 atom stereocenters. The molecule has 0 bridgehead atoms. The average Bonchev–Trinajstić information content (AvgIpc) is 3.17. The molecule has 0 aromatic heterocycles. The summed E-state index contributed by atoms with van der Waals surface area (Å²) in [5, 5.41) is 4.28. The van der Waals surface area contributed by atoms with Crippen molar-refractivity contribution in [2.45, 2.75) is 31.7 Å². The molecule has 0 saturated heterocycles. The van der Waals surface area contributed by atoms with E-state index in [9.17, 15) is 0 Å². The highest BCUT2D eigenvalue weighted by atomic mass is 79.9. The van der Waals surface area contributed by atoms with E-state index in [1.165, 1.54) is 25.7 Å². The topological polar surface area (TPSA) is 38.0 Å². The van der Waals surface area contributed by atoms with E-state index in [1.54, 1.807) is 0 Å². The van der Waals surface area contributed by atoms with Gasteiger partial charge in [-0.15, -0.1) is 0 Å². The van der Waals surface area contributed by atoms with E-state index in [2.05, 4.69) is 21.2 Å². The van der Waals surface area contributed by atoms with Gasteiger partial charge in [0.2, 0.25) is 0 Å². The summed E-state index contributed by atoms with van der Waals surface area (Å²) < 4.78 is 1.07. The molecule has 1 aliphatic carbocycles. The van der Waals surface area contributed by atoms with E-state index in [0.29, 0.717) is 6.54 Å². The van der Waals surface area contributed by atoms with E-state index >= 15 is 0 Å². The second kappa shape index (κ2) is 6.90. The van der Waals surface area contributed by atoms with Gasteiger partial charge in [-0.3, -0.25) is 0 Å². The summed E-state index contributed by atoms with van der Waals surface area (Å²) >= 11 is 9.60. The van der Waals surface area contributed by atoms with Crippen LogP contribution in [0.4, 0.5) is 0 Å². The highest BCUT2D eigenvalue weighted by Crippen LogP contribution is 2.33. The minimum atomic E-state index is 0.178. The van der Waals surface area contributed by atoms with Crippen LogP contribution in [-0.4, -0.2) is 13.1 Å². The summed E-state index contributed by atoms with van der Waals surface area (Å²) in [6.07, 6.45) is 5.45. The van der Waals surface area contributed by atoms with Gasteiger partial charge in [-0.2, -0.15) is 0 Å². The van der Waals surface area contributed by atoms with Gasteiger partial charge in [-0.1, -0.05) is 40.4 Å². The van der Waals surface area contributed by atoms with Gasteiger partial charge in [-0.05, 0) is 49.1 Å². The first-order valence-corrected chi connectivity index (χ1v) is 7.76. The van der Waals surface area contributed by atoms with Gasteiger partial charge in [0.05, 0.1) is 0 Å². The van der Waals surface area contributed by atoms with Crippen LogP contribution in [0.25, 0.3) is 0 Å². The molecule has 18 heavy (non-hydrogen) atoms. The van der Waals surface area contributed by atoms with Crippen molar-refractivity contribution in [2.75, 3.05) is 13.1 Å². The predicted octanol–water partition coefficient (Wildman–Crippen LogP) is 3.88. The lowest BCUT2D eigenvalue weighted by Crippen LogP contribution is -2.29. The number of benzene rings is 1. The van der Waals surface area contributed by atoms with Crippen molar-refractivity contribution in [3.8, 4) is 0 Å². The van der Waals surface area contributed by atoms with Gasteiger partial charge in [0.1, 0.15) is 0 Å². The van der Waals surface area contributed by atoms with Crippen LogP contribution in [0.15, 0.2) is 22.7 Å².